The predicted molar refractivity (Wildman–Crippen MR) is 48.3 cm³/mol. The van der Waals surface area contributed by atoms with Crippen LogP contribution in [0, 0.1) is 0 Å². The Morgan fingerprint density at radius 2 is 2.08 bits per heavy atom. The first-order chi connectivity index (χ1) is 5.66. The van der Waals surface area contributed by atoms with Crippen LogP contribution in [-0.4, -0.2) is 29.3 Å². The van der Waals surface area contributed by atoms with E-state index < -0.39 is 5.97 Å². The molecule has 0 heterocycles. The van der Waals surface area contributed by atoms with Crippen LogP contribution in [-0.2, 0) is 9.59 Å². The van der Waals surface area contributed by atoms with Crippen molar-refractivity contribution >= 4 is 24.5 Å². The first-order valence-corrected chi connectivity index (χ1v) is 4.09. The van der Waals surface area contributed by atoms with Crippen LogP contribution in [0.25, 0.3) is 0 Å². The third-order valence-electron chi connectivity index (χ3n) is 1.01. The van der Waals surface area contributed by atoms with Crippen molar-refractivity contribution in [1.82, 2.24) is 5.32 Å². The van der Waals surface area contributed by atoms with Crippen LogP contribution in [0.5, 0.6) is 0 Å². The molecule has 0 rings (SSSR count). The van der Waals surface area contributed by atoms with Gasteiger partial charge in [-0.2, -0.15) is 12.6 Å². The standard InChI is InChI=1S/C7H11NO3S/c9-6(2-3-7(10)11)8-4-1-5-12/h2-3,12H,1,4-5H2,(H,8,9)(H,10,11). The lowest BCUT2D eigenvalue weighted by atomic mass is 10.4. The van der Waals surface area contributed by atoms with Crippen LogP contribution >= 0.6 is 12.6 Å². The number of carbonyl (C=O) groups is 2. The van der Waals surface area contributed by atoms with Crippen LogP contribution in [0.15, 0.2) is 12.2 Å². The summed E-state index contributed by atoms with van der Waals surface area (Å²) < 4.78 is 0. The maximum Gasteiger partial charge on any atom is 0.328 e. The van der Waals surface area contributed by atoms with E-state index in [2.05, 4.69) is 17.9 Å². The first-order valence-electron chi connectivity index (χ1n) is 3.46. The van der Waals surface area contributed by atoms with Crippen molar-refractivity contribution in [1.29, 1.82) is 0 Å². The molecular weight excluding hydrogens is 178 g/mol. The summed E-state index contributed by atoms with van der Waals surface area (Å²) in [6, 6.07) is 0. The fourth-order valence-electron chi connectivity index (χ4n) is 0.497. The average Bonchev–Trinajstić information content (AvgIpc) is 2.01. The predicted octanol–water partition coefficient (Wildman–Crippen LogP) is 0.0633. The summed E-state index contributed by atoms with van der Waals surface area (Å²) >= 11 is 3.94. The Morgan fingerprint density at radius 3 is 2.58 bits per heavy atom. The minimum Gasteiger partial charge on any atom is -0.478 e. The molecule has 0 aliphatic heterocycles. The number of carbonyl (C=O) groups excluding carboxylic acids is 1. The second-order valence-electron chi connectivity index (χ2n) is 2.04. The monoisotopic (exact) mass is 189 g/mol. The van der Waals surface area contributed by atoms with Crippen molar-refractivity contribution in [3.8, 4) is 0 Å². The van der Waals surface area contributed by atoms with Gasteiger partial charge >= 0.3 is 5.97 Å². The van der Waals surface area contributed by atoms with Gasteiger partial charge in [0.25, 0.3) is 0 Å². The van der Waals surface area contributed by atoms with E-state index in [1.807, 2.05) is 0 Å². The Kier molecular flexibility index (Phi) is 6.18. The SMILES string of the molecule is O=C(O)C=CC(=O)NCCCS. The van der Waals surface area contributed by atoms with Crippen molar-refractivity contribution in [3.63, 3.8) is 0 Å². The Bertz CT molecular complexity index is 191. The van der Waals surface area contributed by atoms with Crippen LogP contribution < -0.4 is 5.32 Å². The molecule has 5 heteroatoms. The zero-order chi connectivity index (χ0) is 9.40. The van der Waals surface area contributed by atoms with Gasteiger partial charge in [0, 0.05) is 18.7 Å². The van der Waals surface area contributed by atoms with E-state index in [4.69, 9.17) is 5.11 Å². The maximum absolute atomic E-state index is 10.7. The number of amides is 1. The minimum absolute atomic E-state index is 0.390. The highest BCUT2D eigenvalue weighted by atomic mass is 32.1. The largest absolute Gasteiger partial charge is 0.478 e. The highest BCUT2D eigenvalue weighted by molar-refractivity contribution is 7.80. The van der Waals surface area contributed by atoms with Crippen LogP contribution in [0.1, 0.15) is 6.42 Å². The summed E-state index contributed by atoms with van der Waals surface area (Å²) in [7, 11) is 0. The highest BCUT2D eigenvalue weighted by Gasteiger charge is 1.94. The molecule has 0 bridgehead atoms. The molecule has 0 unspecified atom stereocenters. The molecular formula is C7H11NO3S. The van der Waals surface area contributed by atoms with E-state index in [0.717, 1.165) is 18.6 Å². The number of carboxylic acid groups (broad SMARTS) is 1. The molecule has 68 valence electrons. The summed E-state index contributed by atoms with van der Waals surface area (Å²) in [5.74, 6) is -0.818. The zero-order valence-electron chi connectivity index (χ0n) is 6.49. The smallest absolute Gasteiger partial charge is 0.328 e. The number of carboxylic acids is 1. The molecule has 0 fully saturated rings. The molecule has 0 aliphatic carbocycles. The summed E-state index contributed by atoms with van der Waals surface area (Å²) in [6.07, 6.45) is 2.56. The van der Waals surface area contributed by atoms with Gasteiger partial charge < -0.3 is 10.4 Å². The van der Waals surface area contributed by atoms with Gasteiger partial charge in [-0.05, 0) is 12.2 Å². The fraction of sp³-hybridized carbons (Fsp3) is 0.429. The molecule has 0 saturated heterocycles. The number of hydrogen-bond donors (Lipinski definition) is 3. The van der Waals surface area contributed by atoms with Gasteiger partial charge in [-0.25, -0.2) is 4.79 Å². The molecule has 0 spiro atoms. The molecule has 0 radical (unpaired) electrons. The number of thiol groups is 1. The van der Waals surface area contributed by atoms with Gasteiger partial charge in [0.15, 0.2) is 0 Å². The molecule has 0 aromatic carbocycles. The van der Waals surface area contributed by atoms with Crippen molar-refractivity contribution in [2.45, 2.75) is 6.42 Å². The quantitative estimate of drug-likeness (QED) is 0.325. The molecule has 4 nitrogen and oxygen atoms in total. The number of aliphatic carboxylic acids is 1. The molecule has 0 aromatic rings. The molecule has 0 aliphatic rings. The lowest BCUT2D eigenvalue weighted by Gasteiger charge is -1.97. The molecule has 0 atom stereocenters. The first kappa shape index (κ1) is 11.0. The Morgan fingerprint density at radius 1 is 1.42 bits per heavy atom. The van der Waals surface area contributed by atoms with E-state index in [1.54, 1.807) is 0 Å². The third kappa shape index (κ3) is 7.14. The lowest BCUT2D eigenvalue weighted by molar-refractivity contribution is -0.131. The number of nitrogens with one attached hydrogen (secondary N) is 1. The zero-order valence-corrected chi connectivity index (χ0v) is 7.38. The van der Waals surface area contributed by atoms with Crippen molar-refractivity contribution in [2.75, 3.05) is 12.3 Å². The van der Waals surface area contributed by atoms with E-state index in [9.17, 15) is 9.59 Å². The minimum atomic E-state index is -1.13. The number of hydrogen-bond acceptors (Lipinski definition) is 3. The second kappa shape index (κ2) is 6.72. The van der Waals surface area contributed by atoms with E-state index in [1.165, 1.54) is 0 Å². The van der Waals surface area contributed by atoms with Crippen LogP contribution in [0.2, 0.25) is 0 Å². The normalized spacial score (nSPS) is 10.1. The topological polar surface area (TPSA) is 66.4 Å². The summed E-state index contributed by atoms with van der Waals surface area (Å²) in [5.41, 5.74) is 0. The van der Waals surface area contributed by atoms with Gasteiger partial charge in [0.05, 0.1) is 0 Å². The number of rotatable bonds is 5. The lowest BCUT2D eigenvalue weighted by Crippen LogP contribution is -2.22. The van der Waals surface area contributed by atoms with E-state index in [0.29, 0.717) is 12.3 Å². The van der Waals surface area contributed by atoms with Gasteiger partial charge in [-0.1, -0.05) is 0 Å². The summed E-state index contributed by atoms with van der Waals surface area (Å²) in [4.78, 5) is 20.7. The van der Waals surface area contributed by atoms with E-state index in [-0.39, 0.29) is 5.91 Å². The molecule has 0 saturated carbocycles. The molecule has 0 aromatic heterocycles. The average molecular weight is 189 g/mol. The fourth-order valence-corrected chi connectivity index (χ4v) is 0.655. The third-order valence-corrected chi connectivity index (χ3v) is 1.33. The Hall–Kier alpha value is -0.970. The summed E-state index contributed by atoms with van der Waals surface area (Å²) in [5, 5.41) is 10.7. The van der Waals surface area contributed by atoms with Crippen molar-refractivity contribution in [3.05, 3.63) is 12.2 Å². The van der Waals surface area contributed by atoms with Gasteiger partial charge in [0.1, 0.15) is 0 Å². The highest BCUT2D eigenvalue weighted by Crippen LogP contribution is 1.81. The molecule has 1 amide bonds. The maximum atomic E-state index is 10.7. The van der Waals surface area contributed by atoms with Crippen molar-refractivity contribution < 1.29 is 14.7 Å². The summed E-state index contributed by atoms with van der Waals surface area (Å²) in [6.45, 7) is 0.520. The van der Waals surface area contributed by atoms with Gasteiger partial charge in [-0.3, -0.25) is 4.79 Å². The van der Waals surface area contributed by atoms with Crippen LogP contribution in [0.4, 0.5) is 0 Å². The Balaban J connectivity index is 3.53. The second-order valence-corrected chi connectivity index (χ2v) is 2.49. The van der Waals surface area contributed by atoms with Gasteiger partial charge in [-0.15, -0.1) is 0 Å². The van der Waals surface area contributed by atoms with Gasteiger partial charge in [0.2, 0.25) is 5.91 Å². The molecule has 2 N–H and O–H groups in total. The molecule has 12 heavy (non-hydrogen) atoms. The van der Waals surface area contributed by atoms with Crippen molar-refractivity contribution in [2.24, 2.45) is 0 Å². The van der Waals surface area contributed by atoms with Crippen LogP contribution in [0.3, 0.4) is 0 Å². The Labute approximate surface area is 76.1 Å². The van der Waals surface area contributed by atoms with E-state index >= 15 is 0 Å².